The standard InChI is InChI=1S/C17H20N2S/c1-12-11-20-16(18-12)17(19-14-8-9-14)10-4-6-13-5-2-3-7-15(13)17/h2-3,5,7,11,14,19H,4,6,8-10H2,1H3. The van der Waals surface area contributed by atoms with Crippen LogP contribution in [0, 0.1) is 6.92 Å². The number of aromatic nitrogens is 1. The van der Waals surface area contributed by atoms with E-state index in [2.05, 4.69) is 41.9 Å². The molecule has 0 bridgehead atoms. The molecule has 1 saturated carbocycles. The van der Waals surface area contributed by atoms with Crippen molar-refractivity contribution in [2.24, 2.45) is 0 Å². The molecule has 20 heavy (non-hydrogen) atoms. The third kappa shape index (κ3) is 2.00. The zero-order valence-corrected chi connectivity index (χ0v) is 12.7. The number of benzene rings is 1. The van der Waals surface area contributed by atoms with Gasteiger partial charge in [-0.05, 0) is 50.2 Å². The van der Waals surface area contributed by atoms with Gasteiger partial charge < -0.3 is 0 Å². The molecule has 1 aromatic heterocycles. The first kappa shape index (κ1) is 12.5. The monoisotopic (exact) mass is 284 g/mol. The molecule has 1 aromatic carbocycles. The Morgan fingerprint density at radius 2 is 2.15 bits per heavy atom. The molecule has 1 heterocycles. The third-order valence-electron chi connectivity index (χ3n) is 4.49. The van der Waals surface area contributed by atoms with Gasteiger partial charge in [-0.15, -0.1) is 11.3 Å². The van der Waals surface area contributed by atoms with Crippen LogP contribution in [0.25, 0.3) is 0 Å². The highest BCUT2D eigenvalue weighted by Gasteiger charge is 2.43. The summed E-state index contributed by atoms with van der Waals surface area (Å²) in [5, 5.41) is 7.38. The molecule has 3 heteroatoms. The SMILES string of the molecule is Cc1csc(C2(NC3CC3)CCCc3ccccc32)n1. The molecular formula is C17H20N2S. The molecule has 0 saturated heterocycles. The number of thiazole rings is 1. The number of hydrogen-bond acceptors (Lipinski definition) is 3. The minimum absolute atomic E-state index is 0.0328. The van der Waals surface area contributed by atoms with E-state index in [1.54, 1.807) is 0 Å². The number of rotatable bonds is 3. The summed E-state index contributed by atoms with van der Waals surface area (Å²) in [6.07, 6.45) is 6.25. The van der Waals surface area contributed by atoms with Gasteiger partial charge in [0.05, 0.1) is 5.54 Å². The average molecular weight is 284 g/mol. The van der Waals surface area contributed by atoms with E-state index in [0.717, 1.165) is 5.69 Å². The quantitative estimate of drug-likeness (QED) is 0.927. The lowest BCUT2D eigenvalue weighted by Gasteiger charge is -2.39. The molecule has 1 atom stereocenters. The largest absolute Gasteiger partial charge is 0.299 e. The number of hydrogen-bond donors (Lipinski definition) is 1. The van der Waals surface area contributed by atoms with Gasteiger partial charge in [-0.25, -0.2) is 4.98 Å². The van der Waals surface area contributed by atoms with Crippen LogP contribution in [-0.4, -0.2) is 11.0 Å². The van der Waals surface area contributed by atoms with Crippen LogP contribution in [-0.2, 0) is 12.0 Å². The highest BCUT2D eigenvalue weighted by Crippen LogP contribution is 2.43. The lowest BCUT2D eigenvalue weighted by Crippen LogP contribution is -2.47. The van der Waals surface area contributed by atoms with Crippen LogP contribution in [0.2, 0.25) is 0 Å². The van der Waals surface area contributed by atoms with Crippen molar-refractivity contribution in [2.45, 2.75) is 50.6 Å². The molecule has 1 unspecified atom stereocenters. The first-order valence-corrected chi connectivity index (χ1v) is 8.44. The maximum Gasteiger partial charge on any atom is 0.118 e. The molecule has 1 fully saturated rings. The zero-order chi connectivity index (χ0) is 13.6. The fourth-order valence-electron chi connectivity index (χ4n) is 3.39. The van der Waals surface area contributed by atoms with Crippen molar-refractivity contribution < 1.29 is 0 Å². The van der Waals surface area contributed by atoms with Crippen molar-refractivity contribution in [3.63, 3.8) is 0 Å². The smallest absolute Gasteiger partial charge is 0.118 e. The van der Waals surface area contributed by atoms with E-state index < -0.39 is 0 Å². The summed E-state index contributed by atoms with van der Waals surface area (Å²) in [7, 11) is 0. The van der Waals surface area contributed by atoms with Crippen LogP contribution < -0.4 is 5.32 Å². The molecule has 2 nitrogen and oxygen atoms in total. The van der Waals surface area contributed by atoms with Crippen molar-refractivity contribution in [1.29, 1.82) is 0 Å². The molecule has 0 spiro atoms. The summed E-state index contributed by atoms with van der Waals surface area (Å²) >= 11 is 1.81. The van der Waals surface area contributed by atoms with Crippen molar-refractivity contribution in [2.75, 3.05) is 0 Å². The number of aryl methyl sites for hydroxylation is 2. The molecule has 1 N–H and O–H groups in total. The van der Waals surface area contributed by atoms with Crippen LogP contribution in [0.5, 0.6) is 0 Å². The summed E-state index contributed by atoms with van der Waals surface area (Å²) in [5.74, 6) is 0. The van der Waals surface area contributed by atoms with Crippen molar-refractivity contribution in [1.82, 2.24) is 10.3 Å². The predicted octanol–water partition coefficient (Wildman–Crippen LogP) is 3.78. The van der Waals surface area contributed by atoms with Gasteiger partial charge in [0.2, 0.25) is 0 Å². The minimum Gasteiger partial charge on any atom is -0.299 e. The van der Waals surface area contributed by atoms with Crippen LogP contribution in [0.1, 0.15) is 47.5 Å². The Morgan fingerprint density at radius 3 is 2.90 bits per heavy atom. The van der Waals surface area contributed by atoms with E-state index in [9.17, 15) is 0 Å². The van der Waals surface area contributed by atoms with Gasteiger partial charge in [-0.2, -0.15) is 0 Å². The van der Waals surface area contributed by atoms with Crippen LogP contribution >= 0.6 is 11.3 Å². The second-order valence-corrected chi connectivity index (χ2v) is 6.99. The normalized spacial score (nSPS) is 25.4. The molecule has 104 valence electrons. The summed E-state index contributed by atoms with van der Waals surface area (Å²) in [5.41, 5.74) is 4.08. The van der Waals surface area contributed by atoms with Gasteiger partial charge in [0.25, 0.3) is 0 Å². The fraction of sp³-hybridized carbons (Fsp3) is 0.471. The van der Waals surface area contributed by atoms with E-state index in [-0.39, 0.29) is 5.54 Å². The third-order valence-corrected chi connectivity index (χ3v) is 5.61. The second-order valence-electron chi connectivity index (χ2n) is 6.13. The van der Waals surface area contributed by atoms with Crippen molar-refractivity contribution >= 4 is 11.3 Å². The zero-order valence-electron chi connectivity index (χ0n) is 11.9. The first-order chi connectivity index (χ1) is 9.78. The van der Waals surface area contributed by atoms with Gasteiger partial charge in [-0.3, -0.25) is 5.32 Å². The van der Waals surface area contributed by atoms with E-state index >= 15 is 0 Å². The Bertz CT molecular complexity index is 629. The molecule has 0 radical (unpaired) electrons. The Labute approximate surface area is 124 Å². The lowest BCUT2D eigenvalue weighted by atomic mass is 9.76. The molecule has 2 aromatic rings. The van der Waals surface area contributed by atoms with Gasteiger partial charge >= 0.3 is 0 Å². The topological polar surface area (TPSA) is 24.9 Å². The maximum absolute atomic E-state index is 4.84. The van der Waals surface area contributed by atoms with Gasteiger partial charge in [0, 0.05) is 17.1 Å². The van der Waals surface area contributed by atoms with E-state index in [0.29, 0.717) is 6.04 Å². The maximum atomic E-state index is 4.84. The van der Waals surface area contributed by atoms with Crippen LogP contribution in [0.3, 0.4) is 0 Å². The minimum atomic E-state index is -0.0328. The lowest BCUT2D eigenvalue weighted by molar-refractivity contribution is 0.338. The molecular weight excluding hydrogens is 264 g/mol. The predicted molar refractivity (Wildman–Crippen MR) is 83.2 cm³/mol. The molecule has 0 aliphatic heterocycles. The van der Waals surface area contributed by atoms with Gasteiger partial charge in [0.15, 0.2) is 0 Å². The van der Waals surface area contributed by atoms with Crippen molar-refractivity contribution in [3.8, 4) is 0 Å². The Hall–Kier alpha value is -1.19. The van der Waals surface area contributed by atoms with Gasteiger partial charge in [-0.1, -0.05) is 24.3 Å². The van der Waals surface area contributed by atoms with Crippen LogP contribution in [0.4, 0.5) is 0 Å². The summed E-state index contributed by atoms with van der Waals surface area (Å²) < 4.78 is 0. The molecule has 2 aliphatic carbocycles. The molecule has 0 amide bonds. The van der Waals surface area contributed by atoms with E-state index in [1.807, 2.05) is 11.3 Å². The Morgan fingerprint density at radius 1 is 1.30 bits per heavy atom. The fourth-order valence-corrected chi connectivity index (χ4v) is 4.40. The Balaban J connectivity index is 1.87. The highest BCUT2D eigenvalue weighted by atomic mass is 32.1. The summed E-state index contributed by atoms with van der Waals surface area (Å²) in [4.78, 5) is 4.84. The average Bonchev–Trinajstić information content (AvgIpc) is 3.17. The first-order valence-electron chi connectivity index (χ1n) is 7.57. The summed E-state index contributed by atoms with van der Waals surface area (Å²) in [6.45, 7) is 2.10. The number of nitrogens with zero attached hydrogens (tertiary/aromatic N) is 1. The number of fused-ring (bicyclic) bond motifs is 1. The van der Waals surface area contributed by atoms with Crippen LogP contribution in [0.15, 0.2) is 29.6 Å². The highest BCUT2D eigenvalue weighted by molar-refractivity contribution is 7.09. The molecule has 4 rings (SSSR count). The van der Waals surface area contributed by atoms with Gasteiger partial charge in [0.1, 0.15) is 5.01 Å². The van der Waals surface area contributed by atoms with Crippen molar-refractivity contribution in [3.05, 3.63) is 51.5 Å². The molecule has 2 aliphatic rings. The van der Waals surface area contributed by atoms with E-state index in [1.165, 1.54) is 48.2 Å². The second kappa shape index (κ2) is 4.68. The Kier molecular flexibility index (Phi) is 2.93. The number of nitrogens with one attached hydrogen (secondary N) is 1. The van der Waals surface area contributed by atoms with E-state index in [4.69, 9.17) is 4.98 Å². The summed E-state index contributed by atoms with van der Waals surface area (Å²) in [6, 6.07) is 9.62.